The van der Waals surface area contributed by atoms with E-state index < -0.39 is 11.5 Å². The first-order valence-corrected chi connectivity index (χ1v) is 9.59. The van der Waals surface area contributed by atoms with E-state index in [-0.39, 0.29) is 30.7 Å². The first-order chi connectivity index (χ1) is 13.3. The summed E-state index contributed by atoms with van der Waals surface area (Å²) in [6.07, 6.45) is 0. The van der Waals surface area contributed by atoms with Crippen molar-refractivity contribution in [1.82, 2.24) is 9.97 Å². The number of fused-ring (bicyclic) bond motifs is 2. The van der Waals surface area contributed by atoms with Crippen LogP contribution >= 0.6 is 39.7 Å². The Bertz CT molecular complexity index is 1150. The Morgan fingerprint density at radius 1 is 1.41 bits per heavy atom. The molecule has 1 aliphatic heterocycles. The maximum absolute atomic E-state index is 11.6. The molecule has 29 heavy (non-hydrogen) atoms. The molecule has 0 atom stereocenters. The van der Waals surface area contributed by atoms with Crippen LogP contribution in [0.5, 0.6) is 5.75 Å². The van der Waals surface area contributed by atoms with E-state index in [0.29, 0.717) is 28.2 Å². The van der Waals surface area contributed by atoms with Crippen LogP contribution in [0.2, 0.25) is 0 Å². The molecular weight excluding hydrogens is 488 g/mol. The number of nitrogens with zero attached hydrogens (tertiary/aromatic N) is 1. The van der Waals surface area contributed by atoms with E-state index in [0.717, 1.165) is 14.9 Å². The number of hydrogen-bond acceptors (Lipinski definition) is 7. The van der Waals surface area contributed by atoms with E-state index in [1.54, 1.807) is 6.92 Å². The van der Waals surface area contributed by atoms with Gasteiger partial charge in [-0.2, -0.15) is 0 Å². The molecule has 3 heterocycles. The van der Waals surface area contributed by atoms with Gasteiger partial charge in [0.1, 0.15) is 10.6 Å². The number of H-pyrrole nitrogens is 1. The van der Waals surface area contributed by atoms with Crippen molar-refractivity contribution in [1.29, 1.82) is 0 Å². The van der Waals surface area contributed by atoms with Crippen molar-refractivity contribution in [3.05, 3.63) is 49.3 Å². The summed E-state index contributed by atoms with van der Waals surface area (Å²) in [6, 6.07) is 5.53. The number of nitrogens with two attached hydrogens (primary N) is 1. The number of nitrogens with one attached hydrogen (secondary N) is 2. The Balaban J connectivity index is 0.000000202. The largest absolute Gasteiger partial charge is 0.482 e. The molecule has 1 aliphatic rings. The van der Waals surface area contributed by atoms with Crippen molar-refractivity contribution in [2.45, 2.75) is 13.5 Å². The molecule has 0 radical (unpaired) electrons. The fraction of sp³-hybridized carbons (Fsp3) is 0.176. The number of ether oxygens (including phenoxy) is 1. The molecule has 2 aromatic heterocycles. The molecule has 0 fully saturated rings. The Morgan fingerprint density at radius 3 is 2.79 bits per heavy atom. The minimum absolute atomic E-state index is 0. The number of hydrogen-bond donors (Lipinski definition) is 4. The topological polar surface area (TPSA) is 147 Å². The normalized spacial score (nSPS) is 12.0. The summed E-state index contributed by atoms with van der Waals surface area (Å²) < 4.78 is 5.97. The van der Waals surface area contributed by atoms with Crippen LogP contribution in [0.15, 0.2) is 26.8 Å². The average Bonchev–Trinajstić information content (AvgIpc) is 2.95. The van der Waals surface area contributed by atoms with E-state index in [2.05, 4.69) is 31.2 Å². The van der Waals surface area contributed by atoms with Gasteiger partial charge in [-0.3, -0.25) is 9.59 Å². The minimum Gasteiger partial charge on any atom is -0.482 e. The van der Waals surface area contributed by atoms with Crippen molar-refractivity contribution < 1.29 is 19.4 Å². The zero-order valence-corrected chi connectivity index (χ0v) is 18.2. The van der Waals surface area contributed by atoms with Gasteiger partial charge in [0, 0.05) is 6.54 Å². The van der Waals surface area contributed by atoms with Crippen LogP contribution in [0.25, 0.3) is 10.2 Å². The standard InChI is InChI=1S/C9H10N2O2.C8H5BrN2O3S.ClH/c10-4-6-1-2-8-7(3-6)11-9(12)5-13-8;1-2-3-6(12)10-5(8(13)14)11-7(3)15-4(2)9;/h1-3H,4-5,10H2,(H,11,12);1H3,(H,13,14)(H,10,11,12);1H. The predicted molar refractivity (Wildman–Crippen MR) is 115 cm³/mol. The summed E-state index contributed by atoms with van der Waals surface area (Å²) >= 11 is 4.53. The molecule has 9 nitrogen and oxygen atoms in total. The number of rotatable bonds is 2. The molecule has 154 valence electrons. The van der Waals surface area contributed by atoms with Crippen LogP contribution < -0.4 is 21.3 Å². The third-order valence-electron chi connectivity index (χ3n) is 3.86. The molecule has 1 aromatic carbocycles. The van der Waals surface area contributed by atoms with E-state index in [1.807, 2.05) is 18.2 Å². The first-order valence-electron chi connectivity index (χ1n) is 7.98. The third kappa shape index (κ3) is 4.93. The van der Waals surface area contributed by atoms with Gasteiger partial charge in [0.15, 0.2) is 6.61 Å². The van der Waals surface area contributed by atoms with Crippen LogP contribution in [-0.4, -0.2) is 33.6 Å². The highest BCUT2D eigenvalue weighted by Crippen LogP contribution is 2.31. The highest BCUT2D eigenvalue weighted by Gasteiger charge is 2.16. The van der Waals surface area contributed by atoms with Crippen molar-refractivity contribution in [3.63, 3.8) is 0 Å². The maximum Gasteiger partial charge on any atom is 0.372 e. The van der Waals surface area contributed by atoms with E-state index >= 15 is 0 Å². The van der Waals surface area contributed by atoms with E-state index in [9.17, 15) is 14.4 Å². The smallest absolute Gasteiger partial charge is 0.372 e. The van der Waals surface area contributed by atoms with Crippen LogP contribution in [0.3, 0.4) is 0 Å². The molecule has 3 aromatic rings. The molecular formula is C17H16BrClN4O5S. The second-order valence-electron chi connectivity index (χ2n) is 5.77. The number of benzene rings is 1. The van der Waals surface area contributed by atoms with Gasteiger partial charge in [0.25, 0.3) is 11.5 Å². The Morgan fingerprint density at radius 2 is 2.14 bits per heavy atom. The summed E-state index contributed by atoms with van der Waals surface area (Å²) in [7, 11) is 0. The number of thiophene rings is 1. The molecule has 12 heteroatoms. The quantitative estimate of drug-likeness (QED) is 0.420. The van der Waals surface area contributed by atoms with Crippen molar-refractivity contribution in [2.75, 3.05) is 11.9 Å². The lowest BCUT2D eigenvalue weighted by Gasteiger charge is -2.18. The van der Waals surface area contributed by atoms with E-state index in [4.69, 9.17) is 15.6 Å². The summed E-state index contributed by atoms with van der Waals surface area (Å²) in [5.74, 6) is -0.990. The lowest BCUT2D eigenvalue weighted by atomic mass is 10.1. The second-order valence-corrected chi connectivity index (χ2v) is 8.09. The zero-order chi connectivity index (χ0) is 20.4. The fourth-order valence-electron chi connectivity index (χ4n) is 2.48. The summed E-state index contributed by atoms with van der Waals surface area (Å²) in [5.41, 5.74) is 7.51. The van der Waals surface area contributed by atoms with Gasteiger partial charge in [-0.1, -0.05) is 6.07 Å². The number of carbonyl (C=O) groups excluding carboxylic acids is 1. The average molecular weight is 504 g/mol. The van der Waals surface area contributed by atoms with Crippen LogP contribution in [0.1, 0.15) is 21.7 Å². The van der Waals surface area contributed by atoms with Crippen molar-refractivity contribution in [3.8, 4) is 5.75 Å². The number of amides is 1. The molecule has 0 saturated carbocycles. The lowest BCUT2D eigenvalue weighted by Crippen LogP contribution is -2.25. The number of carbonyl (C=O) groups is 2. The van der Waals surface area contributed by atoms with Gasteiger partial charge in [0.05, 0.1) is 14.9 Å². The van der Waals surface area contributed by atoms with Gasteiger partial charge in [-0.25, -0.2) is 9.78 Å². The zero-order valence-electron chi connectivity index (χ0n) is 14.9. The Labute approximate surface area is 182 Å². The number of aromatic nitrogens is 2. The molecule has 0 saturated heterocycles. The first kappa shape index (κ1) is 22.8. The van der Waals surface area contributed by atoms with Crippen LogP contribution in [0, 0.1) is 6.92 Å². The molecule has 0 unspecified atom stereocenters. The Hall–Kier alpha value is -2.47. The van der Waals surface area contributed by atoms with Crippen LogP contribution in [-0.2, 0) is 11.3 Å². The molecule has 5 N–H and O–H groups in total. The number of halogens is 2. The predicted octanol–water partition coefficient (Wildman–Crippen LogP) is 2.65. The van der Waals surface area contributed by atoms with Gasteiger partial charge in [-0.15, -0.1) is 23.7 Å². The van der Waals surface area contributed by atoms with Gasteiger partial charge in [-0.05, 0) is 46.1 Å². The molecule has 0 bridgehead atoms. The van der Waals surface area contributed by atoms with E-state index in [1.165, 1.54) is 11.3 Å². The second kappa shape index (κ2) is 9.35. The van der Waals surface area contributed by atoms with Crippen molar-refractivity contribution >= 4 is 67.5 Å². The molecule has 4 rings (SSSR count). The fourth-order valence-corrected chi connectivity index (χ4v) is 4.04. The number of carboxylic acids is 1. The highest BCUT2D eigenvalue weighted by molar-refractivity contribution is 9.11. The molecule has 0 spiro atoms. The number of carboxylic acid groups (broad SMARTS) is 1. The SMILES string of the molecule is Cc1c(Br)sc2nc(C(=O)O)[nH]c(=O)c12.Cl.NCc1ccc2c(c1)NC(=O)CO2. The van der Waals surface area contributed by atoms with Crippen molar-refractivity contribution in [2.24, 2.45) is 5.73 Å². The monoisotopic (exact) mass is 502 g/mol. The Kier molecular flexibility index (Phi) is 7.36. The molecule has 0 aliphatic carbocycles. The number of aromatic carboxylic acids is 1. The summed E-state index contributed by atoms with van der Waals surface area (Å²) in [4.78, 5) is 39.7. The highest BCUT2D eigenvalue weighted by atomic mass is 79.9. The summed E-state index contributed by atoms with van der Waals surface area (Å²) in [6.45, 7) is 2.33. The van der Waals surface area contributed by atoms with Gasteiger partial charge >= 0.3 is 5.97 Å². The van der Waals surface area contributed by atoms with Crippen LogP contribution in [0.4, 0.5) is 5.69 Å². The van der Waals surface area contributed by atoms with Gasteiger partial charge in [0.2, 0.25) is 5.82 Å². The molecule has 1 amide bonds. The number of aromatic amines is 1. The minimum atomic E-state index is -1.24. The number of aryl methyl sites for hydroxylation is 1. The number of anilines is 1. The summed E-state index contributed by atoms with van der Waals surface area (Å²) in [5, 5.41) is 11.9. The lowest BCUT2D eigenvalue weighted by molar-refractivity contribution is -0.118. The third-order valence-corrected chi connectivity index (χ3v) is 5.91. The maximum atomic E-state index is 11.6. The van der Waals surface area contributed by atoms with Gasteiger partial charge < -0.3 is 25.9 Å².